The van der Waals surface area contributed by atoms with Crippen LogP contribution in [0.15, 0.2) is 59.5 Å². The molecule has 21 heavy (non-hydrogen) atoms. The maximum Gasteiger partial charge on any atom is 0.419 e. The van der Waals surface area contributed by atoms with Crippen LogP contribution in [0.4, 0.5) is 0 Å². The van der Waals surface area contributed by atoms with E-state index in [2.05, 4.69) is 34.1 Å². The van der Waals surface area contributed by atoms with Crippen molar-refractivity contribution in [3.8, 4) is 9.85 Å². The van der Waals surface area contributed by atoms with Gasteiger partial charge in [0.1, 0.15) is 10.1 Å². The second-order valence-corrected chi connectivity index (χ2v) is 7.71. The van der Waals surface area contributed by atoms with Crippen LogP contribution in [0.1, 0.15) is 12.5 Å². The van der Waals surface area contributed by atoms with Gasteiger partial charge < -0.3 is 4.55 Å². The van der Waals surface area contributed by atoms with E-state index in [0.29, 0.717) is 0 Å². The normalized spacial score (nSPS) is 9.86. The molecule has 0 N–H and O–H groups in total. The molecule has 0 radical (unpaired) electrons. The zero-order valence-electron chi connectivity index (χ0n) is 11.7. The van der Waals surface area contributed by atoms with Crippen LogP contribution in [-0.4, -0.2) is 13.0 Å². The van der Waals surface area contributed by atoms with Crippen molar-refractivity contribution >= 4 is 10.1 Å². The highest BCUT2D eigenvalue weighted by Gasteiger charge is 2.04. The van der Waals surface area contributed by atoms with Crippen LogP contribution in [0.5, 0.6) is 0 Å². The third kappa shape index (κ3) is 7.27. The van der Waals surface area contributed by atoms with E-state index in [0.717, 1.165) is 5.56 Å². The Morgan fingerprint density at radius 2 is 1.57 bits per heavy atom. The van der Waals surface area contributed by atoms with Gasteiger partial charge in [-0.15, -0.1) is 0 Å². The van der Waals surface area contributed by atoms with Gasteiger partial charge in [-0.3, -0.25) is 0 Å². The molecule has 0 unspecified atom stereocenters. The molecular weight excluding hydrogens is 399 g/mol. The molecule has 0 bridgehead atoms. The molecule has 0 saturated carbocycles. The van der Waals surface area contributed by atoms with Gasteiger partial charge in [-0.1, -0.05) is 41.8 Å². The average Bonchev–Trinajstić information content (AvgIpc) is 2.46. The summed E-state index contributed by atoms with van der Waals surface area (Å²) in [5.74, 6) is 2.92. The minimum absolute atomic E-state index is 0.0344. The van der Waals surface area contributed by atoms with Gasteiger partial charge in [-0.25, -0.2) is 8.42 Å². The summed E-state index contributed by atoms with van der Waals surface area (Å²) in [7, 11) is -4.27. The lowest BCUT2D eigenvalue weighted by Crippen LogP contribution is -3.59. The fraction of sp³-hybridized carbons (Fsp3) is 0.125. The third-order valence-corrected chi connectivity index (χ3v) is 5.29. The number of hydrogen-bond donors (Lipinski definition) is 0. The van der Waals surface area contributed by atoms with E-state index in [9.17, 15) is 13.0 Å². The van der Waals surface area contributed by atoms with Crippen molar-refractivity contribution in [1.29, 1.82) is 0 Å². The summed E-state index contributed by atoms with van der Waals surface area (Å²) >= 11 is -0.0344. The molecular formula is C16H15IO3S. The Balaban J connectivity index is 0.000000211. The number of benzene rings is 2. The van der Waals surface area contributed by atoms with Crippen molar-refractivity contribution in [2.24, 2.45) is 0 Å². The highest BCUT2D eigenvalue weighted by molar-refractivity contribution is 7.85. The molecule has 0 aliphatic carbocycles. The standard InChI is InChI=1S/C9H8I.C7H8O3S/c1-2-8-10-9-6-4-3-5-7-9;1-6-2-4-7(5-3-6)11(8,9)10/h3-7H,1H3;2-5H,1H3,(H,8,9,10)/q+1;/p-1. The first-order valence-electron chi connectivity index (χ1n) is 6.06. The lowest BCUT2D eigenvalue weighted by Gasteiger charge is -2.05. The maximum atomic E-state index is 10.4. The Morgan fingerprint density at radius 1 is 1.00 bits per heavy atom. The van der Waals surface area contributed by atoms with Gasteiger partial charge in [0.25, 0.3) is 0 Å². The highest BCUT2D eigenvalue weighted by atomic mass is 127. The molecule has 5 heteroatoms. The lowest BCUT2D eigenvalue weighted by molar-refractivity contribution is -0.535. The molecule has 0 aliphatic heterocycles. The van der Waals surface area contributed by atoms with Gasteiger partial charge in [0, 0.05) is 6.92 Å². The molecule has 0 aliphatic rings. The van der Waals surface area contributed by atoms with Crippen molar-refractivity contribution in [2.45, 2.75) is 18.7 Å². The van der Waals surface area contributed by atoms with Gasteiger partial charge in [-0.2, -0.15) is 0 Å². The molecule has 110 valence electrons. The molecule has 0 heterocycles. The van der Waals surface area contributed by atoms with Crippen LogP contribution in [0.2, 0.25) is 0 Å². The van der Waals surface area contributed by atoms with Crippen LogP contribution in [0, 0.1) is 20.3 Å². The first kappa shape index (κ1) is 17.7. The van der Waals surface area contributed by atoms with Crippen molar-refractivity contribution < 1.29 is 34.2 Å². The Kier molecular flexibility index (Phi) is 7.43. The molecule has 0 aromatic heterocycles. The average molecular weight is 414 g/mol. The van der Waals surface area contributed by atoms with Gasteiger partial charge in [0.15, 0.2) is 3.93 Å². The van der Waals surface area contributed by atoms with E-state index in [-0.39, 0.29) is 26.1 Å². The summed E-state index contributed by atoms with van der Waals surface area (Å²) < 4.78 is 35.7. The molecule has 2 rings (SSSR count). The molecule has 0 atom stereocenters. The SMILES string of the molecule is CC#C[I+]c1ccccc1.Cc1ccc(S(=O)(=O)[O-])cc1. The Labute approximate surface area is 136 Å². The minimum Gasteiger partial charge on any atom is -0.744 e. The molecule has 0 fully saturated rings. The smallest absolute Gasteiger partial charge is 0.419 e. The first-order valence-corrected chi connectivity index (χ1v) is 9.63. The molecule has 3 nitrogen and oxygen atoms in total. The topological polar surface area (TPSA) is 57.2 Å². The fourth-order valence-corrected chi connectivity index (χ4v) is 3.11. The van der Waals surface area contributed by atoms with Crippen LogP contribution >= 0.6 is 0 Å². The van der Waals surface area contributed by atoms with Crippen molar-refractivity contribution in [2.75, 3.05) is 0 Å². The summed E-state index contributed by atoms with van der Waals surface area (Å²) in [6.07, 6.45) is 0. The summed E-state index contributed by atoms with van der Waals surface area (Å²) in [5.41, 5.74) is 0.928. The van der Waals surface area contributed by atoms with E-state index in [1.807, 2.05) is 19.9 Å². The zero-order chi connectivity index (χ0) is 15.7. The molecule has 2 aromatic rings. The largest absolute Gasteiger partial charge is 0.744 e. The Hall–Kier alpha value is -1.36. The number of rotatable bonds is 2. The quantitative estimate of drug-likeness (QED) is 0.390. The number of aryl methyl sites for hydroxylation is 1. The van der Waals surface area contributed by atoms with Crippen LogP contribution in [0.25, 0.3) is 0 Å². The van der Waals surface area contributed by atoms with Crippen molar-refractivity contribution in [3.63, 3.8) is 0 Å². The molecule has 2 aromatic carbocycles. The van der Waals surface area contributed by atoms with Crippen molar-refractivity contribution in [1.82, 2.24) is 0 Å². The minimum atomic E-state index is -4.27. The number of halogens is 1. The summed E-state index contributed by atoms with van der Waals surface area (Å²) in [6, 6.07) is 16.2. The second-order valence-electron chi connectivity index (χ2n) is 4.00. The lowest BCUT2D eigenvalue weighted by atomic mass is 10.2. The predicted molar refractivity (Wildman–Crippen MR) is 77.7 cm³/mol. The van der Waals surface area contributed by atoms with Crippen LogP contribution in [-0.2, 0) is 10.1 Å². The molecule has 0 spiro atoms. The fourth-order valence-electron chi connectivity index (χ4n) is 1.28. The van der Waals surface area contributed by atoms with Crippen molar-refractivity contribution in [3.05, 3.63) is 63.7 Å². The number of hydrogen-bond acceptors (Lipinski definition) is 3. The highest BCUT2D eigenvalue weighted by Crippen LogP contribution is 2.08. The molecule has 0 amide bonds. The van der Waals surface area contributed by atoms with Crippen LogP contribution in [0.3, 0.4) is 0 Å². The predicted octanol–water partition coefficient (Wildman–Crippen LogP) is -0.175. The maximum absolute atomic E-state index is 10.4. The monoisotopic (exact) mass is 414 g/mol. The van der Waals surface area contributed by atoms with E-state index in [1.165, 1.54) is 15.7 Å². The summed E-state index contributed by atoms with van der Waals surface area (Å²) in [6.45, 7) is 3.71. The summed E-state index contributed by atoms with van der Waals surface area (Å²) in [5, 5.41) is 0. The van der Waals surface area contributed by atoms with Crippen LogP contribution < -0.4 is 21.2 Å². The van der Waals surface area contributed by atoms with Gasteiger partial charge in [-0.05, 0) is 31.2 Å². The van der Waals surface area contributed by atoms with E-state index in [1.54, 1.807) is 12.1 Å². The van der Waals surface area contributed by atoms with Gasteiger partial charge >= 0.3 is 21.2 Å². The molecule has 0 saturated heterocycles. The first-order chi connectivity index (χ1) is 9.93. The summed E-state index contributed by atoms with van der Waals surface area (Å²) in [4.78, 5) is -0.178. The Morgan fingerprint density at radius 3 is 2.05 bits per heavy atom. The Bertz CT molecular complexity index is 712. The van der Waals surface area contributed by atoms with E-state index < -0.39 is 10.1 Å². The van der Waals surface area contributed by atoms with Gasteiger partial charge in [0.05, 0.1) is 4.90 Å². The van der Waals surface area contributed by atoms with E-state index >= 15 is 0 Å². The van der Waals surface area contributed by atoms with Gasteiger partial charge in [0.2, 0.25) is 3.57 Å². The van der Waals surface area contributed by atoms with E-state index in [4.69, 9.17) is 0 Å². The second kappa shape index (κ2) is 8.82. The zero-order valence-corrected chi connectivity index (χ0v) is 14.7. The third-order valence-electron chi connectivity index (χ3n) is 2.29.